The van der Waals surface area contributed by atoms with E-state index >= 15 is 0 Å². The van der Waals surface area contributed by atoms with Crippen LogP contribution >= 0.6 is 0 Å². The van der Waals surface area contributed by atoms with Gasteiger partial charge in [0.2, 0.25) is 11.8 Å². The van der Waals surface area contributed by atoms with Gasteiger partial charge in [0.15, 0.2) is 0 Å². The maximum Gasteiger partial charge on any atom is 0.225 e. The second-order valence-corrected chi connectivity index (χ2v) is 6.33. The van der Waals surface area contributed by atoms with Gasteiger partial charge in [-0.05, 0) is 25.5 Å². The zero-order valence-electron chi connectivity index (χ0n) is 12.8. The molecule has 2 aliphatic rings. The smallest absolute Gasteiger partial charge is 0.225 e. The molecule has 0 aromatic carbocycles. The molecule has 2 fully saturated rings. The molecule has 1 aromatic heterocycles. The first kappa shape index (κ1) is 15.1. The number of hydrogen-bond acceptors (Lipinski definition) is 4. The summed E-state index contributed by atoms with van der Waals surface area (Å²) in [5.74, 6) is 1.42. The third kappa shape index (κ3) is 2.63. The van der Waals surface area contributed by atoms with Crippen LogP contribution in [0.4, 0.5) is 0 Å². The first-order valence-electron chi connectivity index (χ1n) is 7.72. The molecular weight excluding hydrogens is 284 g/mol. The van der Waals surface area contributed by atoms with Crippen LogP contribution in [0.2, 0.25) is 0 Å². The van der Waals surface area contributed by atoms with E-state index in [4.69, 9.17) is 14.9 Å². The lowest BCUT2D eigenvalue weighted by molar-refractivity contribution is -0.136. The summed E-state index contributed by atoms with van der Waals surface area (Å²) in [4.78, 5) is 26.1. The molecule has 120 valence electrons. The van der Waals surface area contributed by atoms with Gasteiger partial charge in [-0.3, -0.25) is 9.59 Å². The second kappa shape index (κ2) is 5.76. The van der Waals surface area contributed by atoms with Crippen LogP contribution in [0.5, 0.6) is 0 Å². The summed E-state index contributed by atoms with van der Waals surface area (Å²) in [5.41, 5.74) is 5.02. The molecule has 3 heterocycles. The molecule has 0 bridgehead atoms. The summed E-state index contributed by atoms with van der Waals surface area (Å²) in [6.45, 7) is 3.90. The van der Waals surface area contributed by atoms with Gasteiger partial charge in [0.05, 0.1) is 12.0 Å². The van der Waals surface area contributed by atoms with Gasteiger partial charge in [-0.2, -0.15) is 0 Å². The number of likely N-dealkylation sites (tertiary alicyclic amines) is 1. The summed E-state index contributed by atoms with van der Waals surface area (Å²) < 4.78 is 10.9. The highest BCUT2D eigenvalue weighted by atomic mass is 16.5. The molecule has 0 radical (unpaired) electrons. The van der Waals surface area contributed by atoms with Gasteiger partial charge in [-0.25, -0.2) is 0 Å². The number of nitrogens with zero attached hydrogens (tertiary/aromatic N) is 1. The van der Waals surface area contributed by atoms with Crippen molar-refractivity contribution >= 4 is 11.8 Å². The Morgan fingerprint density at radius 2 is 2.27 bits per heavy atom. The van der Waals surface area contributed by atoms with Crippen LogP contribution in [0, 0.1) is 18.3 Å². The van der Waals surface area contributed by atoms with E-state index in [1.807, 2.05) is 19.1 Å². The third-order valence-electron chi connectivity index (χ3n) is 4.93. The van der Waals surface area contributed by atoms with Gasteiger partial charge in [0, 0.05) is 38.5 Å². The van der Waals surface area contributed by atoms with Gasteiger partial charge in [0.25, 0.3) is 0 Å². The van der Waals surface area contributed by atoms with E-state index in [1.165, 1.54) is 0 Å². The molecule has 2 saturated heterocycles. The summed E-state index contributed by atoms with van der Waals surface area (Å²) in [6.07, 6.45) is 1.57. The Bertz CT molecular complexity index is 582. The van der Waals surface area contributed by atoms with E-state index in [0.717, 1.165) is 11.5 Å². The Balaban J connectivity index is 1.63. The van der Waals surface area contributed by atoms with Crippen LogP contribution in [0.1, 0.15) is 24.4 Å². The van der Waals surface area contributed by atoms with Crippen molar-refractivity contribution in [3.05, 3.63) is 23.7 Å². The first-order valence-corrected chi connectivity index (χ1v) is 7.72. The van der Waals surface area contributed by atoms with E-state index in [2.05, 4.69) is 0 Å². The monoisotopic (exact) mass is 306 g/mol. The quantitative estimate of drug-likeness (QED) is 0.894. The van der Waals surface area contributed by atoms with Gasteiger partial charge in [0.1, 0.15) is 11.5 Å². The lowest BCUT2D eigenvalue weighted by Gasteiger charge is -2.34. The molecule has 3 rings (SSSR count). The molecular formula is C16H22N2O4. The summed E-state index contributed by atoms with van der Waals surface area (Å²) >= 11 is 0. The predicted octanol–water partition coefficient (Wildman–Crippen LogP) is 0.871. The number of carbonyl (C=O) groups is 2. The van der Waals surface area contributed by atoms with E-state index in [-0.39, 0.29) is 17.7 Å². The normalized spacial score (nSPS) is 27.7. The number of furan rings is 1. The number of ether oxygens (including phenoxy) is 1. The van der Waals surface area contributed by atoms with Crippen molar-refractivity contribution in [2.24, 2.45) is 17.1 Å². The minimum Gasteiger partial charge on any atom is -0.466 e. The molecule has 22 heavy (non-hydrogen) atoms. The molecule has 6 nitrogen and oxygen atoms in total. The van der Waals surface area contributed by atoms with Gasteiger partial charge in [-0.1, -0.05) is 0 Å². The fraction of sp³-hybridized carbons (Fsp3) is 0.625. The molecule has 1 aromatic rings. The van der Waals surface area contributed by atoms with Crippen molar-refractivity contribution in [1.29, 1.82) is 0 Å². The Morgan fingerprint density at radius 1 is 1.45 bits per heavy atom. The Labute approximate surface area is 129 Å². The Kier molecular flexibility index (Phi) is 3.95. The number of carbonyl (C=O) groups excluding carboxylic acids is 2. The third-order valence-corrected chi connectivity index (χ3v) is 4.93. The number of amides is 2. The Morgan fingerprint density at radius 3 is 2.91 bits per heavy atom. The molecule has 2 N–H and O–H groups in total. The van der Waals surface area contributed by atoms with E-state index in [0.29, 0.717) is 45.6 Å². The average molecular weight is 306 g/mol. The summed E-state index contributed by atoms with van der Waals surface area (Å²) in [5, 5.41) is 0. The number of hydrogen-bond donors (Lipinski definition) is 1. The molecule has 0 saturated carbocycles. The fourth-order valence-electron chi connectivity index (χ4n) is 3.55. The van der Waals surface area contributed by atoms with Gasteiger partial charge >= 0.3 is 0 Å². The maximum atomic E-state index is 12.4. The Hall–Kier alpha value is -1.82. The van der Waals surface area contributed by atoms with E-state index in [1.54, 1.807) is 4.90 Å². The number of fused-ring (bicyclic) bond motifs is 1. The van der Waals surface area contributed by atoms with Crippen molar-refractivity contribution in [3.8, 4) is 0 Å². The molecule has 6 heteroatoms. The molecule has 2 aliphatic heterocycles. The fourth-order valence-corrected chi connectivity index (χ4v) is 3.55. The minimum absolute atomic E-state index is 0.0218. The maximum absolute atomic E-state index is 12.4. The number of nitrogens with two attached hydrogens (primary N) is 1. The van der Waals surface area contributed by atoms with Crippen molar-refractivity contribution in [2.75, 3.05) is 26.3 Å². The molecule has 2 atom stereocenters. The van der Waals surface area contributed by atoms with Crippen LogP contribution in [-0.2, 0) is 20.7 Å². The molecule has 2 amide bonds. The standard InChI is InChI=1S/C16H22N2O4/c1-11-2-3-13(22-11)4-5-14(19)18-8-12-9-21-7-6-16(12,10-18)15(17)20/h2-3,12H,4-10H2,1H3,(H2,17,20)/t12-,16+/m1/s1. The van der Waals surface area contributed by atoms with Crippen LogP contribution in [0.3, 0.4) is 0 Å². The van der Waals surface area contributed by atoms with Crippen molar-refractivity contribution in [3.63, 3.8) is 0 Å². The first-order chi connectivity index (χ1) is 10.5. The van der Waals surface area contributed by atoms with Crippen LogP contribution in [0.15, 0.2) is 16.5 Å². The van der Waals surface area contributed by atoms with Crippen molar-refractivity contribution in [2.45, 2.75) is 26.2 Å². The van der Waals surface area contributed by atoms with E-state index in [9.17, 15) is 9.59 Å². The summed E-state index contributed by atoms with van der Waals surface area (Å²) in [6, 6.07) is 3.79. The topological polar surface area (TPSA) is 85.8 Å². The number of primary amides is 1. The highest BCUT2D eigenvalue weighted by Gasteiger charge is 2.53. The molecule has 0 spiro atoms. The van der Waals surface area contributed by atoms with Crippen LogP contribution in [0.25, 0.3) is 0 Å². The lowest BCUT2D eigenvalue weighted by atomic mass is 9.74. The van der Waals surface area contributed by atoms with Crippen molar-refractivity contribution in [1.82, 2.24) is 4.90 Å². The highest BCUT2D eigenvalue weighted by Crippen LogP contribution is 2.42. The summed E-state index contributed by atoms with van der Waals surface area (Å²) in [7, 11) is 0. The van der Waals surface area contributed by atoms with Crippen LogP contribution < -0.4 is 5.73 Å². The highest BCUT2D eigenvalue weighted by molar-refractivity contribution is 5.84. The SMILES string of the molecule is Cc1ccc(CCC(=O)N2C[C@@H]3COCC[C@]3(C(N)=O)C2)o1. The minimum atomic E-state index is -0.602. The van der Waals surface area contributed by atoms with Crippen LogP contribution in [-0.4, -0.2) is 43.0 Å². The lowest BCUT2D eigenvalue weighted by Crippen LogP contribution is -2.48. The van der Waals surface area contributed by atoms with Crippen molar-refractivity contribution < 1.29 is 18.7 Å². The number of aryl methyl sites for hydroxylation is 2. The molecule has 0 aliphatic carbocycles. The zero-order chi connectivity index (χ0) is 15.7. The largest absolute Gasteiger partial charge is 0.466 e. The average Bonchev–Trinajstić information content (AvgIpc) is 3.08. The van der Waals surface area contributed by atoms with Gasteiger partial charge in [-0.15, -0.1) is 0 Å². The van der Waals surface area contributed by atoms with E-state index < -0.39 is 5.41 Å². The number of rotatable bonds is 4. The zero-order valence-corrected chi connectivity index (χ0v) is 12.8. The molecule has 0 unspecified atom stereocenters. The predicted molar refractivity (Wildman–Crippen MR) is 78.9 cm³/mol. The second-order valence-electron chi connectivity index (χ2n) is 6.33. The van der Waals surface area contributed by atoms with Gasteiger partial charge < -0.3 is 19.8 Å².